The van der Waals surface area contributed by atoms with Crippen molar-refractivity contribution in [3.05, 3.63) is 35.4 Å². The molecule has 0 N–H and O–H groups in total. The predicted molar refractivity (Wildman–Crippen MR) is 80.0 cm³/mol. The van der Waals surface area contributed by atoms with E-state index in [1.54, 1.807) is 0 Å². The smallest absolute Gasteiger partial charge is 0.162 e. The van der Waals surface area contributed by atoms with E-state index in [2.05, 4.69) is 20.8 Å². The SMILES string of the molecule is CC(C)(C)C1CCC(C(=O)Cc2cccc(F)c2F)CC1. The first kappa shape index (κ1) is 16.1. The summed E-state index contributed by atoms with van der Waals surface area (Å²) in [6, 6.07) is 4.03. The van der Waals surface area contributed by atoms with Crippen molar-refractivity contribution < 1.29 is 13.6 Å². The highest BCUT2D eigenvalue weighted by molar-refractivity contribution is 5.83. The molecule has 0 saturated heterocycles. The van der Waals surface area contributed by atoms with Crippen LogP contribution >= 0.6 is 0 Å². The second kappa shape index (κ2) is 6.25. The van der Waals surface area contributed by atoms with E-state index in [0.717, 1.165) is 31.7 Å². The average Bonchev–Trinajstić information content (AvgIpc) is 2.43. The van der Waals surface area contributed by atoms with Crippen LogP contribution in [0.5, 0.6) is 0 Å². The van der Waals surface area contributed by atoms with Gasteiger partial charge < -0.3 is 0 Å². The van der Waals surface area contributed by atoms with Crippen LogP contribution in [0.2, 0.25) is 0 Å². The first-order valence-electron chi connectivity index (χ1n) is 7.74. The Kier molecular flexibility index (Phi) is 4.80. The molecule has 1 fully saturated rings. The molecule has 0 spiro atoms. The molecule has 1 aliphatic rings. The fourth-order valence-corrected chi connectivity index (χ4v) is 3.30. The molecule has 0 heterocycles. The Morgan fingerprint density at radius 1 is 1.14 bits per heavy atom. The maximum absolute atomic E-state index is 13.6. The van der Waals surface area contributed by atoms with Crippen molar-refractivity contribution >= 4 is 5.78 Å². The maximum Gasteiger partial charge on any atom is 0.162 e. The molecule has 1 aromatic carbocycles. The number of benzene rings is 1. The molecular weight excluding hydrogens is 270 g/mol. The number of ketones is 1. The molecule has 0 bridgehead atoms. The fourth-order valence-electron chi connectivity index (χ4n) is 3.30. The van der Waals surface area contributed by atoms with Crippen LogP contribution in [0, 0.1) is 28.9 Å². The van der Waals surface area contributed by atoms with E-state index < -0.39 is 11.6 Å². The predicted octanol–water partition coefficient (Wildman–Crippen LogP) is 4.93. The Morgan fingerprint density at radius 2 is 1.76 bits per heavy atom. The van der Waals surface area contributed by atoms with Crippen molar-refractivity contribution in [2.24, 2.45) is 17.3 Å². The zero-order chi connectivity index (χ0) is 15.6. The topological polar surface area (TPSA) is 17.1 Å². The van der Waals surface area contributed by atoms with Gasteiger partial charge in [0, 0.05) is 12.3 Å². The lowest BCUT2D eigenvalue weighted by Crippen LogP contribution is -2.29. The van der Waals surface area contributed by atoms with Crippen molar-refractivity contribution in [1.29, 1.82) is 0 Å². The summed E-state index contributed by atoms with van der Waals surface area (Å²) in [5, 5.41) is 0. The molecule has 21 heavy (non-hydrogen) atoms. The summed E-state index contributed by atoms with van der Waals surface area (Å²) in [7, 11) is 0. The molecule has 0 radical (unpaired) electrons. The van der Waals surface area contributed by atoms with Gasteiger partial charge in [0.1, 0.15) is 5.78 Å². The monoisotopic (exact) mass is 294 g/mol. The summed E-state index contributed by atoms with van der Waals surface area (Å²) >= 11 is 0. The Labute approximate surface area is 125 Å². The first-order chi connectivity index (χ1) is 9.79. The first-order valence-corrected chi connectivity index (χ1v) is 7.74. The Morgan fingerprint density at radius 3 is 2.33 bits per heavy atom. The van der Waals surface area contributed by atoms with E-state index in [-0.39, 0.29) is 29.1 Å². The van der Waals surface area contributed by atoms with E-state index in [0.29, 0.717) is 5.92 Å². The van der Waals surface area contributed by atoms with Crippen LogP contribution < -0.4 is 0 Å². The number of halogens is 2. The second-order valence-electron chi connectivity index (χ2n) is 7.27. The number of rotatable bonds is 3. The standard InChI is InChI=1S/C18H24F2O/c1-18(2,3)14-9-7-12(8-10-14)16(21)11-13-5-4-6-15(19)17(13)20/h4-6,12,14H,7-11H2,1-3H3. The van der Waals surface area contributed by atoms with Gasteiger partial charge in [0.25, 0.3) is 0 Å². The molecule has 1 aromatic rings. The number of hydrogen-bond donors (Lipinski definition) is 0. The van der Waals surface area contributed by atoms with E-state index in [4.69, 9.17) is 0 Å². The Balaban J connectivity index is 1.95. The molecule has 1 aliphatic carbocycles. The van der Waals surface area contributed by atoms with Gasteiger partial charge in [-0.15, -0.1) is 0 Å². The minimum Gasteiger partial charge on any atom is -0.299 e. The Bertz CT molecular complexity index is 508. The van der Waals surface area contributed by atoms with Crippen LogP contribution in [-0.4, -0.2) is 5.78 Å². The van der Waals surface area contributed by atoms with Crippen LogP contribution in [-0.2, 0) is 11.2 Å². The average molecular weight is 294 g/mol. The summed E-state index contributed by atoms with van der Waals surface area (Å²) in [6.45, 7) is 6.71. The normalized spacial score (nSPS) is 23.1. The van der Waals surface area contributed by atoms with E-state index >= 15 is 0 Å². The van der Waals surface area contributed by atoms with Crippen molar-refractivity contribution in [3.8, 4) is 0 Å². The zero-order valence-electron chi connectivity index (χ0n) is 13.1. The van der Waals surface area contributed by atoms with Gasteiger partial charge in [-0.05, 0) is 48.6 Å². The lowest BCUT2D eigenvalue weighted by Gasteiger charge is -2.36. The molecular formula is C18H24F2O. The third kappa shape index (κ3) is 3.90. The van der Waals surface area contributed by atoms with E-state index in [1.165, 1.54) is 12.1 Å². The number of Topliss-reactive ketones (excluding diaryl/α,β-unsaturated/α-hetero) is 1. The van der Waals surface area contributed by atoms with Gasteiger partial charge in [-0.25, -0.2) is 8.78 Å². The van der Waals surface area contributed by atoms with Gasteiger partial charge in [-0.2, -0.15) is 0 Å². The van der Waals surface area contributed by atoms with Crippen molar-refractivity contribution in [3.63, 3.8) is 0 Å². The highest BCUT2D eigenvalue weighted by Crippen LogP contribution is 2.40. The summed E-state index contributed by atoms with van der Waals surface area (Å²) in [5.74, 6) is -1.06. The van der Waals surface area contributed by atoms with Crippen molar-refractivity contribution in [2.75, 3.05) is 0 Å². The summed E-state index contributed by atoms with van der Waals surface area (Å²) < 4.78 is 26.8. The van der Waals surface area contributed by atoms with Crippen LogP contribution in [0.3, 0.4) is 0 Å². The molecule has 0 aromatic heterocycles. The quantitative estimate of drug-likeness (QED) is 0.772. The largest absolute Gasteiger partial charge is 0.299 e. The van der Waals surface area contributed by atoms with Crippen molar-refractivity contribution in [1.82, 2.24) is 0 Å². The molecule has 2 rings (SSSR count). The molecule has 0 aliphatic heterocycles. The van der Waals surface area contributed by atoms with Crippen LogP contribution in [0.1, 0.15) is 52.0 Å². The van der Waals surface area contributed by atoms with Gasteiger partial charge in [0.2, 0.25) is 0 Å². The van der Waals surface area contributed by atoms with Gasteiger partial charge in [0.05, 0.1) is 0 Å². The third-order valence-corrected chi connectivity index (χ3v) is 4.80. The highest BCUT2D eigenvalue weighted by atomic mass is 19.2. The number of hydrogen-bond acceptors (Lipinski definition) is 1. The summed E-state index contributed by atoms with van der Waals surface area (Å²) in [6.07, 6.45) is 3.85. The van der Waals surface area contributed by atoms with Gasteiger partial charge in [0.15, 0.2) is 11.6 Å². The second-order valence-corrected chi connectivity index (χ2v) is 7.27. The fraction of sp³-hybridized carbons (Fsp3) is 0.611. The van der Waals surface area contributed by atoms with Crippen LogP contribution in [0.25, 0.3) is 0 Å². The highest BCUT2D eigenvalue weighted by Gasteiger charge is 2.32. The molecule has 0 unspecified atom stereocenters. The van der Waals surface area contributed by atoms with E-state index in [1.807, 2.05) is 0 Å². The molecule has 1 saturated carbocycles. The summed E-state index contributed by atoms with van der Waals surface area (Å²) in [5.41, 5.74) is 0.459. The maximum atomic E-state index is 13.6. The molecule has 0 atom stereocenters. The molecule has 0 amide bonds. The van der Waals surface area contributed by atoms with Crippen LogP contribution in [0.15, 0.2) is 18.2 Å². The number of carbonyl (C=O) groups excluding carboxylic acids is 1. The zero-order valence-corrected chi connectivity index (χ0v) is 13.1. The third-order valence-electron chi connectivity index (χ3n) is 4.80. The van der Waals surface area contributed by atoms with Gasteiger partial charge >= 0.3 is 0 Å². The number of carbonyl (C=O) groups is 1. The van der Waals surface area contributed by atoms with Crippen LogP contribution in [0.4, 0.5) is 8.78 Å². The Hall–Kier alpha value is -1.25. The summed E-state index contributed by atoms with van der Waals surface area (Å²) in [4.78, 5) is 12.3. The lowest BCUT2D eigenvalue weighted by molar-refractivity contribution is -0.123. The van der Waals surface area contributed by atoms with Crippen molar-refractivity contribution in [2.45, 2.75) is 52.9 Å². The van der Waals surface area contributed by atoms with E-state index in [9.17, 15) is 13.6 Å². The van der Waals surface area contributed by atoms with Gasteiger partial charge in [-0.1, -0.05) is 32.9 Å². The minimum atomic E-state index is -0.880. The molecule has 3 heteroatoms. The minimum absolute atomic E-state index is 0.00580. The lowest BCUT2D eigenvalue weighted by atomic mass is 9.69. The van der Waals surface area contributed by atoms with Gasteiger partial charge in [-0.3, -0.25) is 4.79 Å². The molecule has 116 valence electrons. The molecule has 1 nitrogen and oxygen atoms in total.